The molecule has 4 nitrogen and oxygen atoms in total. The van der Waals surface area contributed by atoms with Crippen molar-refractivity contribution in [3.63, 3.8) is 0 Å². The van der Waals surface area contributed by atoms with Crippen molar-refractivity contribution in [3.8, 4) is 0 Å². The summed E-state index contributed by atoms with van der Waals surface area (Å²) in [5, 5.41) is 0. The highest BCUT2D eigenvalue weighted by Crippen LogP contribution is 1.86. The quantitative estimate of drug-likeness (QED) is 0.559. The van der Waals surface area contributed by atoms with Crippen LogP contribution in [-0.4, -0.2) is 9.97 Å². The van der Waals surface area contributed by atoms with Gasteiger partial charge in [0.25, 0.3) is 0 Å². The molecule has 0 atom stereocenters. The number of rotatable bonds is 2. The first-order valence-electron chi connectivity index (χ1n) is 2.51. The molecular formula is C5H7N3O. The summed E-state index contributed by atoms with van der Waals surface area (Å²) in [7, 11) is 0. The van der Waals surface area contributed by atoms with Gasteiger partial charge in [0.15, 0.2) is 5.82 Å². The van der Waals surface area contributed by atoms with Crippen LogP contribution in [0.4, 0.5) is 0 Å². The molecule has 0 unspecified atom stereocenters. The zero-order valence-electron chi connectivity index (χ0n) is 4.82. The maximum atomic E-state index is 4.78. The second-order valence-corrected chi connectivity index (χ2v) is 1.48. The molecule has 0 aliphatic carbocycles. The van der Waals surface area contributed by atoms with Crippen LogP contribution in [0.5, 0.6) is 0 Å². The lowest BCUT2D eigenvalue weighted by molar-refractivity contribution is 0.118. The van der Waals surface area contributed by atoms with Crippen LogP contribution >= 0.6 is 0 Å². The molecule has 48 valence electrons. The summed E-state index contributed by atoms with van der Waals surface area (Å²) < 4.78 is 0. The highest BCUT2D eigenvalue weighted by Gasteiger charge is 1.88. The van der Waals surface area contributed by atoms with E-state index in [0.717, 1.165) is 0 Å². The van der Waals surface area contributed by atoms with Gasteiger partial charge < -0.3 is 0 Å². The summed E-state index contributed by atoms with van der Waals surface area (Å²) in [5.74, 6) is 5.38. The molecule has 1 aromatic heterocycles. The number of aromatic nitrogens is 2. The summed E-state index contributed by atoms with van der Waals surface area (Å²) in [6, 6.07) is 1.74. The van der Waals surface area contributed by atoms with Crippen molar-refractivity contribution in [1.29, 1.82) is 0 Å². The normalized spacial score (nSPS) is 9.44. The van der Waals surface area contributed by atoms with E-state index in [2.05, 4.69) is 14.8 Å². The third-order valence-corrected chi connectivity index (χ3v) is 0.832. The SMILES string of the molecule is NOCc1ncccn1. The maximum absolute atomic E-state index is 4.78. The molecule has 2 N–H and O–H groups in total. The van der Waals surface area contributed by atoms with Crippen LogP contribution in [0.2, 0.25) is 0 Å². The van der Waals surface area contributed by atoms with Gasteiger partial charge in [-0.25, -0.2) is 15.9 Å². The van der Waals surface area contributed by atoms with Gasteiger partial charge in [-0.15, -0.1) is 0 Å². The van der Waals surface area contributed by atoms with Crippen LogP contribution in [-0.2, 0) is 11.4 Å². The van der Waals surface area contributed by atoms with E-state index in [1.807, 2.05) is 0 Å². The van der Waals surface area contributed by atoms with E-state index in [1.165, 1.54) is 0 Å². The van der Waals surface area contributed by atoms with Crippen LogP contribution in [0.15, 0.2) is 18.5 Å². The fourth-order valence-electron chi connectivity index (χ4n) is 0.479. The molecule has 0 fully saturated rings. The average molecular weight is 125 g/mol. The molecule has 0 amide bonds. The Labute approximate surface area is 52.6 Å². The topological polar surface area (TPSA) is 61.0 Å². The summed E-state index contributed by atoms with van der Waals surface area (Å²) in [6.07, 6.45) is 3.28. The lowest BCUT2D eigenvalue weighted by Gasteiger charge is -1.92. The first-order chi connectivity index (χ1) is 4.43. The van der Waals surface area contributed by atoms with Crippen molar-refractivity contribution in [3.05, 3.63) is 24.3 Å². The van der Waals surface area contributed by atoms with Gasteiger partial charge in [-0.2, -0.15) is 0 Å². The predicted molar refractivity (Wildman–Crippen MR) is 31.0 cm³/mol. The monoisotopic (exact) mass is 125 g/mol. The van der Waals surface area contributed by atoms with Crippen LogP contribution < -0.4 is 5.90 Å². The molecule has 4 heteroatoms. The molecule has 0 bridgehead atoms. The van der Waals surface area contributed by atoms with Gasteiger partial charge in [0.2, 0.25) is 0 Å². The van der Waals surface area contributed by atoms with Crippen LogP contribution in [0.1, 0.15) is 5.82 Å². The highest BCUT2D eigenvalue weighted by molar-refractivity contribution is 4.85. The molecule has 0 radical (unpaired) electrons. The van der Waals surface area contributed by atoms with Crippen molar-refractivity contribution >= 4 is 0 Å². The fourth-order valence-corrected chi connectivity index (χ4v) is 0.479. The van der Waals surface area contributed by atoms with E-state index in [9.17, 15) is 0 Å². The molecular weight excluding hydrogens is 118 g/mol. The molecule has 1 rings (SSSR count). The minimum atomic E-state index is 0.265. The summed E-state index contributed by atoms with van der Waals surface area (Å²) >= 11 is 0. The van der Waals surface area contributed by atoms with Gasteiger partial charge in [0.05, 0.1) is 0 Å². The van der Waals surface area contributed by atoms with Crippen molar-refractivity contribution in [2.75, 3.05) is 0 Å². The van der Waals surface area contributed by atoms with Gasteiger partial charge in [-0.3, -0.25) is 4.84 Å². The van der Waals surface area contributed by atoms with Crippen molar-refractivity contribution in [2.24, 2.45) is 5.90 Å². The number of nitrogens with two attached hydrogens (primary N) is 1. The number of hydrogen-bond donors (Lipinski definition) is 1. The van der Waals surface area contributed by atoms with Gasteiger partial charge in [-0.05, 0) is 6.07 Å². The Bertz CT molecular complexity index is 165. The second kappa shape index (κ2) is 3.11. The van der Waals surface area contributed by atoms with E-state index < -0.39 is 0 Å². The molecule has 0 saturated carbocycles. The molecule has 1 heterocycles. The lowest BCUT2D eigenvalue weighted by atomic mass is 10.6. The van der Waals surface area contributed by atoms with E-state index in [1.54, 1.807) is 18.5 Å². The Morgan fingerprint density at radius 1 is 1.44 bits per heavy atom. The zero-order valence-corrected chi connectivity index (χ0v) is 4.82. The van der Waals surface area contributed by atoms with Gasteiger partial charge in [0.1, 0.15) is 6.61 Å². The minimum absolute atomic E-state index is 0.265. The Hall–Kier alpha value is -1.00. The summed E-state index contributed by atoms with van der Waals surface area (Å²) in [5.41, 5.74) is 0. The summed E-state index contributed by atoms with van der Waals surface area (Å²) in [4.78, 5) is 12.0. The van der Waals surface area contributed by atoms with E-state index in [4.69, 9.17) is 5.90 Å². The Morgan fingerprint density at radius 3 is 2.67 bits per heavy atom. The van der Waals surface area contributed by atoms with E-state index in [0.29, 0.717) is 5.82 Å². The number of nitrogens with zero attached hydrogens (tertiary/aromatic N) is 2. The first kappa shape index (κ1) is 6.12. The minimum Gasteiger partial charge on any atom is -0.296 e. The standard InChI is InChI=1S/C5H7N3O/c6-9-4-5-7-2-1-3-8-5/h1-3H,4,6H2. The van der Waals surface area contributed by atoms with E-state index >= 15 is 0 Å². The van der Waals surface area contributed by atoms with Crippen molar-refractivity contribution in [2.45, 2.75) is 6.61 Å². The largest absolute Gasteiger partial charge is 0.296 e. The molecule has 0 spiro atoms. The molecule has 0 aromatic carbocycles. The highest BCUT2D eigenvalue weighted by atomic mass is 16.6. The predicted octanol–water partition coefficient (Wildman–Crippen LogP) is -0.133. The molecule has 1 aromatic rings. The maximum Gasteiger partial charge on any atom is 0.155 e. The van der Waals surface area contributed by atoms with Gasteiger partial charge >= 0.3 is 0 Å². The van der Waals surface area contributed by atoms with E-state index in [-0.39, 0.29) is 6.61 Å². The lowest BCUT2D eigenvalue weighted by Crippen LogP contribution is -2.02. The second-order valence-electron chi connectivity index (χ2n) is 1.48. The van der Waals surface area contributed by atoms with Gasteiger partial charge in [0, 0.05) is 12.4 Å². The van der Waals surface area contributed by atoms with Crippen molar-refractivity contribution < 1.29 is 4.84 Å². The molecule has 0 aliphatic rings. The Morgan fingerprint density at radius 2 is 2.11 bits per heavy atom. The van der Waals surface area contributed by atoms with Crippen LogP contribution in [0.3, 0.4) is 0 Å². The third kappa shape index (κ3) is 1.75. The fraction of sp³-hybridized carbons (Fsp3) is 0.200. The third-order valence-electron chi connectivity index (χ3n) is 0.832. The molecule has 9 heavy (non-hydrogen) atoms. The van der Waals surface area contributed by atoms with Crippen LogP contribution in [0, 0.1) is 0 Å². The van der Waals surface area contributed by atoms with Crippen LogP contribution in [0.25, 0.3) is 0 Å². The summed E-state index contributed by atoms with van der Waals surface area (Å²) in [6.45, 7) is 0.265. The zero-order chi connectivity index (χ0) is 6.53. The molecule has 0 saturated heterocycles. The Balaban J connectivity index is 2.61. The average Bonchev–Trinajstić information content (AvgIpc) is 1.91. The smallest absolute Gasteiger partial charge is 0.155 e. The number of hydrogen-bond acceptors (Lipinski definition) is 4. The molecule has 0 aliphatic heterocycles. The first-order valence-corrected chi connectivity index (χ1v) is 2.51. The van der Waals surface area contributed by atoms with Gasteiger partial charge in [-0.1, -0.05) is 0 Å². The van der Waals surface area contributed by atoms with Crippen molar-refractivity contribution in [1.82, 2.24) is 9.97 Å². The Kier molecular flexibility index (Phi) is 2.12.